The Morgan fingerprint density at radius 1 is 1.44 bits per heavy atom. The first-order chi connectivity index (χ1) is 4.33. The molecule has 1 N–H and O–H groups in total. The zero-order valence-electron chi connectivity index (χ0n) is 6.48. The molecule has 54 valence electrons. The average Bonchev–Trinajstić information content (AvgIpc) is 1.91. The van der Waals surface area contributed by atoms with E-state index in [2.05, 4.69) is 25.4 Å². The monoisotopic (exact) mass is 143 g/mol. The molecule has 0 aromatic heterocycles. The van der Waals surface area contributed by atoms with Crippen molar-refractivity contribution in [2.24, 2.45) is 0 Å². The van der Waals surface area contributed by atoms with E-state index in [0.29, 0.717) is 0 Å². The van der Waals surface area contributed by atoms with Crippen molar-refractivity contribution in [1.82, 2.24) is 5.32 Å². The van der Waals surface area contributed by atoms with E-state index >= 15 is 0 Å². The Hall–Kier alpha value is -0.343. The summed E-state index contributed by atoms with van der Waals surface area (Å²) in [5, 5.41) is 2.93. The highest BCUT2D eigenvalue weighted by atomic mass is 28.2. The molecule has 0 aliphatic carbocycles. The largest absolute Gasteiger partial charge is 0.320 e. The second-order valence-corrected chi connectivity index (χ2v) is 3.15. The Morgan fingerprint density at radius 2 is 1.78 bits per heavy atom. The van der Waals surface area contributed by atoms with Crippen molar-refractivity contribution < 1.29 is 0 Å². The van der Waals surface area contributed by atoms with Gasteiger partial charge in [0.1, 0.15) is 0 Å². The molecule has 0 unspecified atom stereocenters. The van der Waals surface area contributed by atoms with Crippen molar-refractivity contribution in [3.8, 4) is 0 Å². The van der Waals surface area contributed by atoms with E-state index in [-0.39, 0.29) is 9.52 Å². The summed E-state index contributed by atoms with van der Waals surface area (Å²) >= 11 is 0. The Morgan fingerprint density at radius 3 is 1.78 bits per heavy atom. The Labute approximate surface area is 60.7 Å². The number of hydrogen-bond acceptors (Lipinski definition) is 1. The minimum absolute atomic E-state index is 0.0401. The second kappa shape index (κ2) is 15.6. The molecule has 0 aromatic carbocycles. The van der Waals surface area contributed by atoms with Gasteiger partial charge in [0, 0.05) is 0 Å². The molecule has 0 aliphatic heterocycles. The molecule has 0 aromatic rings. The maximum Gasteiger partial charge on any atom is 0.0676 e. The van der Waals surface area contributed by atoms with E-state index in [1.165, 1.54) is 0 Å². The van der Waals surface area contributed by atoms with Crippen molar-refractivity contribution in [2.45, 2.75) is 6.92 Å². The first-order valence-electron chi connectivity index (χ1n) is 3.19. The predicted molar refractivity (Wildman–Crippen MR) is 48.5 cm³/mol. The van der Waals surface area contributed by atoms with Crippen molar-refractivity contribution in [2.75, 3.05) is 13.6 Å². The summed E-state index contributed by atoms with van der Waals surface area (Å²) < 4.78 is 0. The lowest BCUT2D eigenvalue weighted by atomic mass is 10.8. The highest BCUT2D eigenvalue weighted by Crippen LogP contribution is 1.55. The first-order valence-corrected chi connectivity index (χ1v) is 4.83. The van der Waals surface area contributed by atoms with Crippen LogP contribution < -0.4 is 5.32 Å². The Balaban J connectivity index is 0. The molecule has 0 radical (unpaired) electrons. The van der Waals surface area contributed by atoms with Gasteiger partial charge < -0.3 is 5.32 Å². The van der Waals surface area contributed by atoms with Gasteiger partial charge in [-0.2, -0.15) is 0 Å². The molecule has 1 nitrogen and oxygen atoms in total. The number of hydrogen-bond donors (Lipinski definition) is 1. The normalized spacial score (nSPS) is 6.89. The summed E-state index contributed by atoms with van der Waals surface area (Å²) in [6.45, 7) is 10.2. The maximum absolute atomic E-state index is 3.54. The molecule has 0 amide bonds. The van der Waals surface area contributed by atoms with Gasteiger partial charge in [0.05, 0.1) is 9.52 Å². The lowest BCUT2D eigenvalue weighted by molar-refractivity contribution is 0.864. The van der Waals surface area contributed by atoms with E-state index in [1.54, 1.807) is 0 Å². The lowest BCUT2D eigenvalue weighted by Crippen LogP contribution is -2.01. The summed E-state index contributed by atoms with van der Waals surface area (Å²) in [6.07, 6.45) is 0. The van der Waals surface area contributed by atoms with Gasteiger partial charge >= 0.3 is 0 Å². The highest BCUT2D eigenvalue weighted by molar-refractivity contribution is 6.47. The van der Waals surface area contributed by atoms with Crippen LogP contribution >= 0.6 is 0 Å². The standard InChI is InChI=1S/C4H8Si.C3H9N/c1-3-5-4-2;1-3-4-2/h3-4H,1-2,5H2;4H,3H2,1-2H3. The lowest BCUT2D eigenvalue weighted by Gasteiger charge is -1.76. The minimum Gasteiger partial charge on any atom is -0.320 e. The van der Waals surface area contributed by atoms with Crippen LogP contribution in [0.2, 0.25) is 0 Å². The van der Waals surface area contributed by atoms with Crippen LogP contribution in [0.4, 0.5) is 0 Å². The van der Waals surface area contributed by atoms with Gasteiger partial charge in [0.15, 0.2) is 0 Å². The molecular weight excluding hydrogens is 126 g/mol. The Kier molecular flexibility index (Phi) is 19.9. The third kappa shape index (κ3) is 34.7. The van der Waals surface area contributed by atoms with Gasteiger partial charge in [-0.25, -0.2) is 0 Å². The zero-order valence-corrected chi connectivity index (χ0v) is 7.90. The van der Waals surface area contributed by atoms with Crippen molar-refractivity contribution in [3.63, 3.8) is 0 Å². The smallest absolute Gasteiger partial charge is 0.0676 e. The van der Waals surface area contributed by atoms with Crippen LogP contribution in [0.5, 0.6) is 0 Å². The van der Waals surface area contributed by atoms with Crippen molar-refractivity contribution >= 4 is 9.52 Å². The fourth-order valence-electron chi connectivity index (χ4n) is 0.118. The SMILES string of the molecule is C=C[SiH2]C=C.CCNC. The quantitative estimate of drug-likeness (QED) is 0.573. The van der Waals surface area contributed by atoms with Crippen LogP contribution in [0.15, 0.2) is 24.6 Å². The zero-order chi connectivity index (χ0) is 7.54. The summed E-state index contributed by atoms with van der Waals surface area (Å²) in [4.78, 5) is 0. The third-order valence-corrected chi connectivity index (χ3v) is 1.35. The minimum atomic E-state index is -0.0401. The van der Waals surface area contributed by atoms with Crippen LogP contribution in [0.25, 0.3) is 0 Å². The molecule has 0 spiro atoms. The Bertz CT molecular complexity index is 53.9. The predicted octanol–water partition coefficient (Wildman–Crippen LogP) is 0.668. The summed E-state index contributed by atoms with van der Waals surface area (Å²) in [6, 6.07) is 0. The van der Waals surface area contributed by atoms with Gasteiger partial charge in [-0.15, -0.1) is 24.6 Å². The molecule has 0 fully saturated rings. The van der Waals surface area contributed by atoms with Crippen LogP contribution in [0.3, 0.4) is 0 Å². The molecule has 0 saturated carbocycles. The maximum atomic E-state index is 3.54. The van der Waals surface area contributed by atoms with Crippen LogP contribution in [-0.4, -0.2) is 23.1 Å². The number of rotatable bonds is 3. The average molecular weight is 143 g/mol. The molecule has 2 heteroatoms. The molecule has 9 heavy (non-hydrogen) atoms. The number of nitrogens with one attached hydrogen (secondary N) is 1. The molecule has 0 saturated heterocycles. The summed E-state index contributed by atoms with van der Waals surface area (Å²) in [5.74, 6) is 0. The second-order valence-electron chi connectivity index (χ2n) is 1.52. The van der Waals surface area contributed by atoms with Crippen molar-refractivity contribution in [1.29, 1.82) is 0 Å². The molecule has 0 heterocycles. The van der Waals surface area contributed by atoms with Gasteiger partial charge in [-0.05, 0) is 13.6 Å². The first kappa shape index (κ1) is 11.5. The molecule has 0 rings (SSSR count). The van der Waals surface area contributed by atoms with E-state index in [4.69, 9.17) is 0 Å². The fourth-order valence-corrected chi connectivity index (χ4v) is 0.354. The summed E-state index contributed by atoms with van der Waals surface area (Å²) in [5.41, 5.74) is 3.90. The topological polar surface area (TPSA) is 12.0 Å². The molecule has 0 bridgehead atoms. The van der Waals surface area contributed by atoms with Crippen LogP contribution in [0, 0.1) is 0 Å². The van der Waals surface area contributed by atoms with Gasteiger partial charge in [0.25, 0.3) is 0 Å². The molecule has 0 aliphatic rings. The summed E-state index contributed by atoms with van der Waals surface area (Å²) in [7, 11) is 1.89. The van der Waals surface area contributed by atoms with E-state index in [0.717, 1.165) is 6.54 Å². The molecule has 0 atom stereocenters. The van der Waals surface area contributed by atoms with E-state index in [1.807, 2.05) is 18.4 Å². The van der Waals surface area contributed by atoms with Crippen LogP contribution in [0.1, 0.15) is 6.92 Å². The van der Waals surface area contributed by atoms with E-state index in [9.17, 15) is 0 Å². The van der Waals surface area contributed by atoms with Gasteiger partial charge in [0.2, 0.25) is 0 Å². The fraction of sp³-hybridized carbons (Fsp3) is 0.429. The highest BCUT2D eigenvalue weighted by Gasteiger charge is 1.55. The third-order valence-electron chi connectivity index (χ3n) is 0.687. The van der Waals surface area contributed by atoms with Crippen molar-refractivity contribution in [3.05, 3.63) is 24.6 Å². The van der Waals surface area contributed by atoms with Gasteiger partial charge in [-0.1, -0.05) is 6.92 Å². The van der Waals surface area contributed by atoms with Crippen LogP contribution in [-0.2, 0) is 0 Å². The van der Waals surface area contributed by atoms with Gasteiger partial charge in [-0.3, -0.25) is 0 Å². The van der Waals surface area contributed by atoms with E-state index < -0.39 is 0 Å². The molecular formula is C7H17NSi.